The van der Waals surface area contributed by atoms with Crippen LogP contribution >= 0.6 is 0 Å². The second-order valence-electron chi connectivity index (χ2n) is 5.88. The van der Waals surface area contributed by atoms with Gasteiger partial charge in [0.1, 0.15) is 29.2 Å². The number of fused-ring (bicyclic) bond motifs is 2. The van der Waals surface area contributed by atoms with Crippen LogP contribution in [0.15, 0.2) is 83.3 Å². The minimum Gasteiger partial charge on any atom is -0.312 e. The van der Waals surface area contributed by atoms with E-state index in [1.54, 1.807) is 18.2 Å². The smallest absolute Gasteiger partial charge is 0.268 e. The van der Waals surface area contributed by atoms with Crippen molar-refractivity contribution < 1.29 is 4.39 Å². The summed E-state index contributed by atoms with van der Waals surface area (Å²) in [7, 11) is 0. The van der Waals surface area contributed by atoms with Gasteiger partial charge in [-0.15, -0.1) is 0 Å². The molecule has 3 heterocycles. The number of halogens is 1. The van der Waals surface area contributed by atoms with Crippen molar-refractivity contribution in [3.8, 4) is 5.69 Å². The quantitative estimate of drug-likeness (QED) is 0.472. The normalized spacial score (nSPS) is 10.5. The Bertz CT molecular complexity index is 1410. The van der Waals surface area contributed by atoms with Gasteiger partial charge in [0, 0.05) is 6.20 Å². The Kier molecular flexibility index (Phi) is 4.85. The minimum atomic E-state index is -0.546. The Morgan fingerprint density at radius 3 is 2.55 bits per heavy atom. The fourth-order valence-corrected chi connectivity index (χ4v) is 2.71. The van der Waals surface area contributed by atoms with E-state index >= 15 is 0 Å². The van der Waals surface area contributed by atoms with Gasteiger partial charge in [-0.05, 0) is 24.3 Å². The summed E-state index contributed by atoms with van der Waals surface area (Å²) >= 11 is 0. The average Bonchev–Trinajstić information content (AvgIpc) is 2.76. The lowest BCUT2D eigenvalue weighted by Gasteiger charge is -2.06. The first-order valence-corrected chi connectivity index (χ1v) is 8.50. The maximum Gasteiger partial charge on any atom is 0.268 e. The van der Waals surface area contributed by atoms with Crippen molar-refractivity contribution in [3.63, 3.8) is 0 Å². The molecular weight excluding hydrogens is 375 g/mol. The highest BCUT2D eigenvalue weighted by Gasteiger charge is 2.09. The van der Waals surface area contributed by atoms with Crippen LogP contribution < -0.4 is 11.1 Å². The molecule has 0 amide bonds. The second kappa shape index (κ2) is 7.77. The van der Waals surface area contributed by atoms with Crippen LogP contribution in [0.5, 0.6) is 0 Å². The number of hydrogen-bond donors (Lipinski definition) is 1. The summed E-state index contributed by atoms with van der Waals surface area (Å²) in [5, 5.41) is 0.429. The van der Waals surface area contributed by atoms with Crippen LogP contribution in [0.4, 0.5) is 4.39 Å². The number of nitrogens with one attached hydrogen (secondary N) is 1. The first-order valence-electron chi connectivity index (χ1n) is 8.50. The monoisotopic (exact) mass is 388 g/mol. The molecular formula is C20H13FN6O2. The van der Waals surface area contributed by atoms with Gasteiger partial charge in [0.2, 0.25) is 0 Å². The van der Waals surface area contributed by atoms with Crippen molar-refractivity contribution in [1.29, 1.82) is 0 Å². The predicted octanol–water partition coefficient (Wildman–Crippen LogP) is 2.24. The van der Waals surface area contributed by atoms with Crippen molar-refractivity contribution in [1.82, 2.24) is 29.5 Å². The fourth-order valence-electron chi connectivity index (χ4n) is 2.71. The van der Waals surface area contributed by atoms with E-state index in [9.17, 15) is 14.0 Å². The van der Waals surface area contributed by atoms with Crippen molar-refractivity contribution in [2.24, 2.45) is 0 Å². The van der Waals surface area contributed by atoms with Crippen molar-refractivity contribution in [2.75, 3.05) is 0 Å². The molecule has 0 aliphatic carbocycles. The molecule has 9 heteroatoms. The highest BCUT2D eigenvalue weighted by molar-refractivity contribution is 5.78. The number of nitrogens with zero attached hydrogens (tertiary/aromatic N) is 5. The van der Waals surface area contributed by atoms with Gasteiger partial charge in [0.25, 0.3) is 11.1 Å². The third kappa shape index (κ3) is 3.61. The van der Waals surface area contributed by atoms with Crippen LogP contribution in [0.1, 0.15) is 0 Å². The van der Waals surface area contributed by atoms with E-state index < -0.39 is 11.4 Å². The Morgan fingerprint density at radius 2 is 1.76 bits per heavy atom. The second-order valence-corrected chi connectivity index (χ2v) is 5.88. The molecule has 0 unspecified atom stereocenters. The largest absolute Gasteiger partial charge is 0.312 e. The fraction of sp³-hybridized carbons (Fsp3) is 0. The lowest BCUT2D eigenvalue weighted by molar-refractivity contribution is 0.637. The van der Waals surface area contributed by atoms with Gasteiger partial charge in [0.15, 0.2) is 5.65 Å². The molecule has 5 rings (SSSR count). The van der Waals surface area contributed by atoms with Gasteiger partial charge in [-0.1, -0.05) is 24.3 Å². The first-order chi connectivity index (χ1) is 14.1. The molecule has 29 heavy (non-hydrogen) atoms. The molecule has 3 aromatic heterocycles. The molecule has 0 bridgehead atoms. The zero-order chi connectivity index (χ0) is 20.2. The number of aromatic amines is 1. The SMILES string of the molecule is O=c1[nH]cnc2ncncc12.O=c1c2c(F)cccc2ncn1-c1ccccc1. The van der Waals surface area contributed by atoms with Crippen molar-refractivity contribution >= 4 is 21.9 Å². The average molecular weight is 388 g/mol. The molecule has 0 spiro atoms. The topological polar surface area (TPSA) is 106 Å². The predicted molar refractivity (Wildman–Crippen MR) is 105 cm³/mol. The third-order valence-electron chi connectivity index (χ3n) is 4.09. The van der Waals surface area contributed by atoms with Crippen LogP contribution in [-0.4, -0.2) is 29.5 Å². The molecule has 2 aromatic carbocycles. The summed E-state index contributed by atoms with van der Waals surface area (Å²) in [6.07, 6.45) is 5.53. The van der Waals surface area contributed by atoms with Gasteiger partial charge < -0.3 is 4.98 Å². The van der Waals surface area contributed by atoms with Crippen molar-refractivity contribution in [3.05, 3.63) is 100 Å². The first kappa shape index (κ1) is 18.1. The van der Waals surface area contributed by atoms with E-state index in [0.717, 1.165) is 0 Å². The summed E-state index contributed by atoms with van der Waals surface area (Å²) < 4.78 is 15.0. The van der Waals surface area contributed by atoms with Gasteiger partial charge in [-0.3, -0.25) is 14.2 Å². The summed E-state index contributed by atoms with van der Waals surface area (Å²) in [5.41, 5.74) is 0.844. The third-order valence-corrected chi connectivity index (χ3v) is 4.09. The molecule has 142 valence electrons. The highest BCUT2D eigenvalue weighted by Crippen LogP contribution is 2.12. The number of para-hydroxylation sites is 1. The molecule has 0 atom stereocenters. The maximum absolute atomic E-state index is 13.7. The minimum absolute atomic E-state index is 0.0175. The van der Waals surface area contributed by atoms with Gasteiger partial charge in [0.05, 0.1) is 17.5 Å². The zero-order valence-electron chi connectivity index (χ0n) is 14.9. The Labute approximate surface area is 162 Å². The van der Waals surface area contributed by atoms with Crippen LogP contribution in [0, 0.1) is 5.82 Å². The lowest BCUT2D eigenvalue weighted by atomic mass is 10.2. The van der Waals surface area contributed by atoms with Crippen LogP contribution in [0.25, 0.3) is 27.6 Å². The lowest BCUT2D eigenvalue weighted by Crippen LogP contribution is -2.19. The van der Waals surface area contributed by atoms with Crippen LogP contribution in [0.3, 0.4) is 0 Å². The molecule has 0 saturated carbocycles. The Morgan fingerprint density at radius 1 is 0.931 bits per heavy atom. The molecule has 0 saturated heterocycles. The maximum atomic E-state index is 13.7. The van der Waals surface area contributed by atoms with Crippen molar-refractivity contribution in [2.45, 2.75) is 0 Å². The number of benzene rings is 2. The van der Waals surface area contributed by atoms with Crippen LogP contribution in [-0.2, 0) is 0 Å². The number of rotatable bonds is 1. The summed E-state index contributed by atoms with van der Waals surface area (Å²) in [6.45, 7) is 0. The molecule has 1 N–H and O–H groups in total. The Balaban J connectivity index is 0.000000159. The molecule has 0 aliphatic heterocycles. The van der Waals surface area contributed by atoms with Gasteiger partial charge in [-0.25, -0.2) is 24.3 Å². The number of hydrogen-bond acceptors (Lipinski definition) is 6. The summed E-state index contributed by atoms with van der Waals surface area (Å²) in [4.78, 5) is 41.1. The van der Waals surface area contributed by atoms with E-state index in [4.69, 9.17) is 0 Å². The molecule has 0 radical (unpaired) electrons. The standard InChI is InChI=1S/C14H9FN2O.C6H4N4O/c15-11-7-4-8-12-13(11)14(18)17(9-16-12)10-5-2-1-3-6-10;11-6-4-1-7-2-8-5(4)9-3-10-6/h1-9H;1-3H,(H,7,8,9,10,11). The van der Waals surface area contributed by atoms with E-state index in [2.05, 4.69) is 24.9 Å². The highest BCUT2D eigenvalue weighted by atomic mass is 19.1. The molecule has 8 nitrogen and oxygen atoms in total. The van der Waals surface area contributed by atoms with E-state index in [-0.39, 0.29) is 10.9 Å². The molecule has 0 fully saturated rings. The number of aromatic nitrogens is 6. The van der Waals surface area contributed by atoms with E-state index in [1.165, 1.54) is 41.9 Å². The van der Waals surface area contributed by atoms with Gasteiger partial charge >= 0.3 is 0 Å². The van der Waals surface area contributed by atoms with E-state index in [1.807, 2.05) is 18.2 Å². The van der Waals surface area contributed by atoms with Gasteiger partial charge in [-0.2, -0.15) is 0 Å². The molecule has 0 aliphatic rings. The summed E-state index contributed by atoms with van der Waals surface area (Å²) in [6, 6.07) is 13.4. The number of H-pyrrole nitrogens is 1. The zero-order valence-corrected chi connectivity index (χ0v) is 14.9. The van der Waals surface area contributed by atoms with Crippen LogP contribution in [0.2, 0.25) is 0 Å². The van der Waals surface area contributed by atoms with E-state index in [0.29, 0.717) is 22.2 Å². The Hall–Kier alpha value is -4.27. The summed E-state index contributed by atoms with van der Waals surface area (Å²) in [5.74, 6) is -0.546. The molecule has 5 aromatic rings.